The minimum Gasteiger partial charge on any atom is -0.497 e. The van der Waals surface area contributed by atoms with Crippen molar-refractivity contribution in [3.05, 3.63) is 42.2 Å². The van der Waals surface area contributed by atoms with Crippen LogP contribution in [0.5, 0.6) is 5.75 Å². The zero-order valence-corrected chi connectivity index (χ0v) is 13.2. The van der Waals surface area contributed by atoms with Gasteiger partial charge in [-0.15, -0.1) is 0 Å². The summed E-state index contributed by atoms with van der Waals surface area (Å²) < 4.78 is 12.3. The van der Waals surface area contributed by atoms with Crippen LogP contribution >= 0.6 is 0 Å². The van der Waals surface area contributed by atoms with Crippen molar-refractivity contribution < 1.29 is 14.3 Å². The fourth-order valence-electron chi connectivity index (χ4n) is 2.61. The van der Waals surface area contributed by atoms with E-state index in [0.717, 1.165) is 30.0 Å². The van der Waals surface area contributed by atoms with Crippen molar-refractivity contribution >= 4 is 11.6 Å². The zero-order chi connectivity index (χ0) is 16.1. The Labute approximate surface area is 135 Å². The molecule has 122 valence electrons. The van der Waals surface area contributed by atoms with E-state index in [1.165, 1.54) is 0 Å². The lowest BCUT2D eigenvalue weighted by atomic mass is 10.1. The normalized spacial score (nSPS) is 17.2. The first-order chi connectivity index (χ1) is 11.2. The molecule has 2 aromatic rings. The highest BCUT2D eigenvalue weighted by Crippen LogP contribution is 2.20. The monoisotopic (exact) mass is 315 g/mol. The number of anilines is 1. The summed E-state index contributed by atoms with van der Waals surface area (Å²) in [5.74, 6) is 0.810. The molecule has 0 aliphatic carbocycles. The quantitative estimate of drug-likeness (QED) is 0.889. The van der Waals surface area contributed by atoms with E-state index < -0.39 is 0 Å². The maximum absolute atomic E-state index is 12.0. The lowest BCUT2D eigenvalue weighted by molar-refractivity contribution is -0.116. The summed E-state index contributed by atoms with van der Waals surface area (Å²) in [4.78, 5) is 12.0. The molecule has 6 heteroatoms. The van der Waals surface area contributed by atoms with Crippen molar-refractivity contribution in [2.24, 2.45) is 0 Å². The van der Waals surface area contributed by atoms with E-state index in [9.17, 15) is 4.79 Å². The number of hydrogen-bond donors (Lipinski definition) is 1. The van der Waals surface area contributed by atoms with E-state index in [1.54, 1.807) is 13.3 Å². The van der Waals surface area contributed by atoms with Crippen LogP contribution in [-0.2, 0) is 16.0 Å². The average molecular weight is 315 g/mol. The molecule has 1 atom stereocenters. The molecule has 0 saturated carbocycles. The Morgan fingerprint density at radius 3 is 2.96 bits per heavy atom. The standard InChI is InChI=1S/C17H21N3O3/c1-22-16-5-2-13(3-6-16)4-7-17(21)19-14-10-18-20(11-14)15-8-9-23-12-15/h2-3,5-6,10-11,15H,4,7-9,12H2,1H3,(H,19,21)/t15-/m1/s1. The van der Waals surface area contributed by atoms with Crippen LogP contribution in [0.2, 0.25) is 0 Å². The Hall–Kier alpha value is -2.34. The van der Waals surface area contributed by atoms with Crippen molar-refractivity contribution in [3.63, 3.8) is 0 Å². The molecule has 0 bridgehead atoms. The summed E-state index contributed by atoms with van der Waals surface area (Å²) in [5, 5.41) is 7.19. The highest BCUT2D eigenvalue weighted by atomic mass is 16.5. The molecule has 1 aromatic carbocycles. The van der Waals surface area contributed by atoms with E-state index in [1.807, 2.05) is 35.1 Å². The Balaban J connectivity index is 1.48. The van der Waals surface area contributed by atoms with Gasteiger partial charge in [0.1, 0.15) is 5.75 Å². The van der Waals surface area contributed by atoms with Gasteiger partial charge in [-0.05, 0) is 30.5 Å². The summed E-state index contributed by atoms with van der Waals surface area (Å²) in [6.45, 7) is 1.46. The molecule has 1 aliphatic heterocycles. The number of carbonyl (C=O) groups is 1. The van der Waals surface area contributed by atoms with Crippen LogP contribution in [0.3, 0.4) is 0 Å². The number of hydrogen-bond acceptors (Lipinski definition) is 4. The van der Waals surface area contributed by atoms with E-state index in [0.29, 0.717) is 19.4 Å². The largest absolute Gasteiger partial charge is 0.497 e. The Kier molecular flexibility index (Phi) is 4.92. The molecule has 2 heterocycles. The van der Waals surface area contributed by atoms with Crippen molar-refractivity contribution in [3.8, 4) is 5.75 Å². The molecule has 0 spiro atoms. The Bertz CT molecular complexity index is 645. The topological polar surface area (TPSA) is 65.4 Å². The van der Waals surface area contributed by atoms with Gasteiger partial charge in [-0.1, -0.05) is 12.1 Å². The first-order valence-electron chi connectivity index (χ1n) is 7.79. The smallest absolute Gasteiger partial charge is 0.224 e. The van der Waals surface area contributed by atoms with Gasteiger partial charge >= 0.3 is 0 Å². The molecule has 1 amide bonds. The number of nitrogens with one attached hydrogen (secondary N) is 1. The maximum atomic E-state index is 12.0. The molecule has 1 aliphatic rings. The second-order valence-electron chi connectivity index (χ2n) is 5.62. The van der Waals surface area contributed by atoms with Gasteiger partial charge in [0.25, 0.3) is 0 Å². The summed E-state index contributed by atoms with van der Waals surface area (Å²) in [6, 6.07) is 8.04. The minimum atomic E-state index is -0.0111. The van der Waals surface area contributed by atoms with Crippen LogP contribution < -0.4 is 10.1 Å². The predicted molar refractivity (Wildman–Crippen MR) is 86.6 cm³/mol. The van der Waals surface area contributed by atoms with Crippen LogP contribution in [0.1, 0.15) is 24.4 Å². The molecule has 6 nitrogen and oxygen atoms in total. The number of benzene rings is 1. The van der Waals surface area contributed by atoms with Crippen LogP contribution in [0.15, 0.2) is 36.7 Å². The second-order valence-corrected chi connectivity index (χ2v) is 5.62. The lowest BCUT2D eigenvalue weighted by Gasteiger charge is -2.07. The highest BCUT2D eigenvalue weighted by Gasteiger charge is 2.18. The van der Waals surface area contributed by atoms with E-state index in [4.69, 9.17) is 9.47 Å². The summed E-state index contributed by atoms with van der Waals surface area (Å²) in [5.41, 5.74) is 1.84. The van der Waals surface area contributed by atoms with Crippen LogP contribution in [-0.4, -0.2) is 36.0 Å². The number of ether oxygens (including phenoxy) is 2. The van der Waals surface area contributed by atoms with Gasteiger partial charge in [-0.25, -0.2) is 0 Å². The minimum absolute atomic E-state index is 0.0111. The summed E-state index contributed by atoms with van der Waals surface area (Å²) >= 11 is 0. The summed E-state index contributed by atoms with van der Waals surface area (Å²) in [6.07, 6.45) is 5.64. The predicted octanol–water partition coefficient (Wildman–Crippen LogP) is 2.42. The van der Waals surface area contributed by atoms with Crippen LogP contribution in [0, 0.1) is 0 Å². The van der Waals surface area contributed by atoms with Crippen LogP contribution in [0.4, 0.5) is 5.69 Å². The van der Waals surface area contributed by atoms with E-state index in [-0.39, 0.29) is 11.9 Å². The molecule has 23 heavy (non-hydrogen) atoms. The van der Waals surface area contributed by atoms with Gasteiger partial charge in [0.05, 0.1) is 31.6 Å². The molecule has 3 rings (SSSR count). The number of nitrogens with zero attached hydrogens (tertiary/aromatic N) is 2. The van der Waals surface area contributed by atoms with Crippen molar-refractivity contribution in [2.75, 3.05) is 25.6 Å². The average Bonchev–Trinajstić information content (AvgIpc) is 3.24. The molecular formula is C17H21N3O3. The maximum Gasteiger partial charge on any atom is 0.224 e. The van der Waals surface area contributed by atoms with Gasteiger partial charge in [0.2, 0.25) is 5.91 Å². The molecule has 0 radical (unpaired) electrons. The van der Waals surface area contributed by atoms with E-state index >= 15 is 0 Å². The number of methoxy groups -OCH3 is 1. The molecule has 1 saturated heterocycles. The van der Waals surface area contributed by atoms with Gasteiger partial charge in [-0.2, -0.15) is 5.10 Å². The van der Waals surface area contributed by atoms with Crippen LogP contribution in [0.25, 0.3) is 0 Å². The molecular weight excluding hydrogens is 294 g/mol. The Morgan fingerprint density at radius 2 is 2.26 bits per heavy atom. The summed E-state index contributed by atoms with van der Waals surface area (Å²) in [7, 11) is 1.64. The lowest BCUT2D eigenvalue weighted by Crippen LogP contribution is -2.12. The highest BCUT2D eigenvalue weighted by molar-refractivity contribution is 5.90. The third-order valence-electron chi connectivity index (χ3n) is 3.96. The third-order valence-corrected chi connectivity index (χ3v) is 3.96. The fraction of sp³-hybridized carbons (Fsp3) is 0.412. The van der Waals surface area contributed by atoms with Crippen molar-refractivity contribution in [1.29, 1.82) is 0 Å². The SMILES string of the molecule is COc1ccc(CCC(=O)Nc2cnn([C@@H]3CCOC3)c2)cc1. The van der Waals surface area contributed by atoms with Crippen molar-refractivity contribution in [2.45, 2.75) is 25.3 Å². The fourth-order valence-corrected chi connectivity index (χ4v) is 2.61. The number of carbonyl (C=O) groups excluding carboxylic acids is 1. The molecule has 1 N–H and O–H groups in total. The molecule has 1 aromatic heterocycles. The number of rotatable bonds is 6. The second kappa shape index (κ2) is 7.28. The van der Waals surface area contributed by atoms with Crippen molar-refractivity contribution in [1.82, 2.24) is 9.78 Å². The first-order valence-corrected chi connectivity index (χ1v) is 7.79. The van der Waals surface area contributed by atoms with Gasteiger partial charge in [0, 0.05) is 19.2 Å². The van der Waals surface area contributed by atoms with Gasteiger partial charge in [0.15, 0.2) is 0 Å². The van der Waals surface area contributed by atoms with Gasteiger partial charge < -0.3 is 14.8 Å². The number of amides is 1. The molecule has 0 unspecified atom stereocenters. The van der Waals surface area contributed by atoms with Gasteiger partial charge in [-0.3, -0.25) is 9.48 Å². The zero-order valence-electron chi connectivity index (χ0n) is 13.2. The van der Waals surface area contributed by atoms with E-state index in [2.05, 4.69) is 10.4 Å². The number of aryl methyl sites for hydroxylation is 1. The molecule has 1 fully saturated rings. The first kappa shape index (κ1) is 15.6. The number of aromatic nitrogens is 2. The third kappa shape index (κ3) is 4.10. The Morgan fingerprint density at radius 1 is 1.43 bits per heavy atom.